The lowest BCUT2D eigenvalue weighted by molar-refractivity contribution is 0.0282. The van der Waals surface area contributed by atoms with E-state index in [1.54, 1.807) is 48.0 Å². The van der Waals surface area contributed by atoms with Crippen LogP contribution in [0.3, 0.4) is 0 Å². The van der Waals surface area contributed by atoms with Crippen LogP contribution in [0.2, 0.25) is 0 Å². The highest BCUT2D eigenvalue weighted by atomic mass is 16.5. The van der Waals surface area contributed by atoms with Crippen LogP contribution in [0, 0.1) is 0 Å². The van der Waals surface area contributed by atoms with Crippen molar-refractivity contribution in [1.82, 2.24) is 29.5 Å². The van der Waals surface area contributed by atoms with Gasteiger partial charge in [0.2, 0.25) is 5.43 Å². The van der Waals surface area contributed by atoms with Crippen LogP contribution >= 0.6 is 0 Å². The van der Waals surface area contributed by atoms with Gasteiger partial charge in [0.1, 0.15) is 18.0 Å². The molecule has 4 rings (SSSR count). The highest BCUT2D eigenvalue weighted by Crippen LogP contribution is 2.19. The number of nitrogens with zero attached hydrogens (tertiary/aromatic N) is 6. The maximum absolute atomic E-state index is 12.4. The molecule has 0 saturated carbocycles. The molecule has 33 heavy (non-hydrogen) atoms. The molecule has 3 heterocycles. The Morgan fingerprint density at radius 2 is 1.91 bits per heavy atom. The summed E-state index contributed by atoms with van der Waals surface area (Å²) in [7, 11) is 0. The van der Waals surface area contributed by atoms with Gasteiger partial charge in [0.15, 0.2) is 11.6 Å². The van der Waals surface area contributed by atoms with Crippen LogP contribution < -0.4 is 10.2 Å². The fraction of sp³-hybridized carbons (Fsp3) is 0.292. The second kappa shape index (κ2) is 9.33. The molecule has 0 fully saturated rings. The first kappa shape index (κ1) is 22.3. The molecule has 0 bridgehead atoms. The van der Waals surface area contributed by atoms with Gasteiger partial charge in [-0.05, 0) is 32.4 Å². The Bertz CT molecular complexity index is 1290. The summed E-state index contributed by atoms with van der Waals surface area (Å²) < 4.78 is 8.97. The van der Waals surface area contributed by atoms with Crippen molar-refractivity contribution in [3.8, 4) is 22.8 Å². The Morgan fingerprint density at radius 3 is 2.61 bits per heavy atom. The normalized spacial score (nSPS) is 11.5. The molecule has 1 N–H and O–H groups in total. The van der Waals surface area contributed by atoms with E-state index in [-0.39, 0.29) is 12.0 Å². The van der Waals surface area contributed by atoms with E-state index in [4.69, 9.17) is 4.74 Å². The van der Waals surface area contributed by atoms with Crippen LogP contribution in [-0.2, 0) is 13.0 Å². The summed E-state index contributed by atoms with van der Waals surface area (Å²) >= 11 is 0. The first-order chi connectivity index (χ1) is 15.8. The Hall–Kier alpha value is -3.85. The third kappa shape index (κ3) is 5.69. The van der Waals surface area contributed by atoms with Crippen molar-refractivity contribution in [3.05, 3.63) is 82.8 Å². The van der Waals surface area contributed by atoms with E-state index in [0.29, 0.717) is 23.7 Å². The highest BCUT2D eigenvalue weighted by molar-refractivity contribution is 5.56. The topological polar surface area (TPSA) is 108 Å². The summed E-state index contributed by atoms with van der Waals surface area (Å²) in [5.41, 5.74) is 1.92. The Kier molecular flexibility index (Phi) is 6.32. The fourth-order valence-corrected chi connectivity index (χ4v) is 3.17. The van der Waals surface area contributed by atoms with E-state index in [9.17, 15) is 9.90 Å². The standard InChI is InChI=1S/C24H26N6O3/c1-4-29-15-19(12-27-29)30-9-8-22(31)21(28-30)11-17-6-5-7-18(10-17)23-25-13-20(14-26-23)33-16-24(2,3)32/h5-10,12-15,32H,4,11,16H2,1-3H3. The number of ether oxygens (including phenoxy) is 1. The van der Waals surface area contributed by atoms with E-state index in [0.717, 1.165) is 23.4 Å². The van der Waals surface area contributed by atoms with Gasteiger partial charge in [-0.15, -0.1) is 0 Å². The summed E-state index contributed by atoms with van der Waals surface area (Å²) in [5, 5.41) is 18.6. The molecular formula is C24H26N6O3. The molecule has 0 aliphatic heterocycles. The molecular weight excluding hydrogens is 420 g/mol. The summed E-state index contributed by atoms with van der Waals surface area (Å²) in [6.07, 6.45) is 8.78. The van der Waals surface area contributed by atoms with Crippen molar-refractivity contribution >= 4 is 0 Å². The minimum atomic E-state index is -0.937. The maximum Gasteiger partial charge on any atom is 0.203 e. The second-order valence-corrected chi connectivity index (χ2v) is 8.35. The van der Waals surface area contributed by atoms with Gasteiger partial charge in [0, 0.05) is 30.8 Å². The molecule has 4 aromatic rings. The monoisotopic (exact) mass is 446 g/mol. The number of benzene rings is 1. The lowest BCUT2D eigenvalue weighted by atomic mass is 10.1. The zero-order valence-corrected chi connectivity index (χ0v) is 18.8. The van der Waals surface area contributed by atoms with Crippen molar-refractivity contribution < 1.29 is 9.84 Å². The van der Waals surface area contributed by atoms with Gasteiger partial charge in [0.05, 0.1) is 30.4 Å². The van der Waals surface area contributed by atoms with Gasteiger partial charge in [0.25, 0.3) is 0 Å². The first-order valence-electron chi connectivity index (χ1n) is 10.7. The molecule has 0 aliphatic rings. The van der Waals surface area contributed by atoms with Gasteiger partial charge < -0.3 is 9.84 Å². The van der Waals surface area contributed by atoms with E-state index in [1.165, 1.54) is 6.07 Å². The largest absolute Gasteiger partial charge is 0.487 e. The summed E-state index contributed by atoms with van der Waals surface area (Å²) in [4.78, 5) is 21.2. The van der Waals surface area contributed by atoms with Crippen LogP contribution in [0.5, 0.6) is 5.75 Å². The third-order valence-electron chi connectivity index (χ3n) is 4.87. The van der Waals surface area contributed by atoms with E-state index in [2.05, 4.69) is 20.2 Å². The predicted octanol–water partition coefficient (Wildman–Crippen LogP) is 2.65. The number of rotatable bonds is 8. The minimum absolute atomic E-state index is 0.121. The van der Waals surface area contributed by atoms with Crippen molar-refractivity contribution in [2.45, 2.75) is 39.3 Å². The highest BCUT2D eigenvalue weighted by Gasteiger charge is 2.14. The van der Waals surface area contributed by atoms with Gasteiger partial charge in [-0.25, -0.2) is 14.6 Å². The quantitative estimate of drug-likeness (QED) is 0.443. The molecule has 3 aromatic heterocycles. The molecule has 0 saturated heterocycles. The van der Waals surface area contributed by atoms with E-state index < -0.39 is 5.60 Å². The third-order valence-corrected chi connectivity index (χ3v) is 4.87. The molecule has 0 spiro atoms. The molecule has 1 aromatic carbocycles. The van der Waals surface area contributed by atoms with E-state index in [1.807, 2.05) is 37.4 Å². The van der Waals surface area contributed by atoms with Crippen molar-refractivity contribution in [2.75, 3.05) is 6.61 Å². The van der Waals surface area contributed by atoms with Gasteiger partial charge in [-0.3, -0.25) is 9.48 Å². The average molecular weight is 447 g/mol. The van der Waals surface area contributed by atoms with Crippen molar-refractivity contribution in [1.29, 1.82) is 0 Å². The Balaban J connectivity index is 1.53. The number of hydrogen-bond donors (Lipinski definition) is 1. The Labute approximate surface area is 191 Å². The number of hydrogen-bond acceptors (Lipinski definition) is 7. The number of aromatic nitrogens is 6. The van der Waals surface area contributed by atoms with Gasteiger partial charge in [-0.1, -0.05) is 18.2 Å². The Morgan fingerprint density at radius 1 is 1.12 bits per heavy atom. The lowest BCUT2D eigenvalue weighted by Crippen LogP contribution is -2.27. The molecule has 170 valence electrons. The molecule has 0 amide bonds. The molecule has 0 radical (unpaired) electrons. The summed E-state index contributed by atoms with van der Waals surface area (Å²) in [6.45, 7) is 6.25. The lowest BCUT2D eigenvalue weighted by Gasteiger charge is -2.17. The average Bonchev–Trinajstić information content (AvgIpc) is 3.29. The summed E-state index contributed by atoms with van der Waals surface area (Å²) in [5.74, 6) is 1.02. The maximum atomic E-state index is 12.4. The molecule has 9 heteroatoms. The van der Waals surface area contributed by atoms with Crippen LogP contribution in [0.4, 0.5) is 0 Å². The van der Waals surface area contributed by atoms with Crippen LogP contribution in [-0.4, -0.2) is 46.8 Å². The first-order valence-corrected chi connectivity index (χ1v) is 10.7. The van der Waals surface area contributed by atoms with Crippen LogP contribution in [0.15, 0.2) is 66.1 Å². The zero-order chi connectivity index (χ0) is 23.4. The van der Waals surface area contributed by atoms with Crippen molar-refractivity contribution in [2.24, 2.45) is 0 Å². The molecule has 9 nitrogen and oxygen atoms in total. The predicted molar refractivity (Wildman–Crippen MR) is 123 cm³/mol. The van der Waals surface area contributed by atoms with Crippen LogP contribution in [0.1, 0.15) is 32.0 Å². The second-order valence-electron chi connectivity index (χ2n) is 8.35. The van der Waals surface area contributed by atoms with E-state index >= 15 is 0 Å². The van der Waals surface area contributed by atoms with Gasteiger partial charge in [-0.2, -0.15) is 10.2 Å². The number of aliphatic hydroxyl groups is 1. The SMILES string of the molecule is CCn1cc(-n2ccc(=O)c(Cc3cccc(-c4ncc(OCC(C)(C)O)cn4)c3)n2)cn1. The number of aryl methyl sites for hydroxylation is 1. The molecule has 0 atom stereocenters. The van der Waals surface area contributed by atoms with Crippen LogP contribution in [0.25, 0.3) is 17.1 Å². The zero-order valence-electron chi connectivity index (χ0n) is 18.8. The summed E-state index contributed by atoms with van der Waals surface area (Å²) in [6, 6.07) is 9.22. The van der Waals surface area contributed by atoms with Gasteiger partial charge >= 0.3 is 0 Å². The molecule has 0 aliphatic carbocycles. The fourth-order valence-electron chi connectivity index (χ4n) is 3.17. The van der Waals surface area contributed by atoms with Crippen molar-refractivity contribution in [3.63, 3.8) is 0 Å². The molecule has 0 unspecified atom stereocenters. The smallest absolute Gasteiger partial charge is 0.203 e. The minimum Gasteiger partial charge on any atom is -0.487 e.